The normalized spacial score (nSPS) is 11.7. The lowest BCUT2D eigenvalue weighted by molar-refractivity contribution is -0.114. The number of hydrogen-bond acceptors (Lipinski definition) is 7. The Morgan fingerprint density at radius 1 is 1.26 bits per heavy atom. The quantitative estimate of drug-likeness (QED) is 0.481. The molecule has 0 bridgehead atoms. The molecule has 2 aromatic heterocycles. The molecule has 2 heterocycles. The van der Waals surface area contributed by atoms with Crippen LogP contribution in [0, 0.1) is 11.3 Å². The van der Waals surface area contributed by atoms with Crippen molar-refractivity contribution in [2.75, 3.05) is 4.72 Å². The van der Waals surface area contributed by atoms with Crippen LogP contribution in [0.4, 0.5) is 5.13 Å². The summed E-state index contributed by atoms with van der Waals surface area (Å²) in [5, 5.41) is 10.8. The van der Waals surface area contributed by atoms with E-state index in [-0.39, 0.29) is 21.4 Å². The minimum Gasteiger partial charge on any atom is -0.457 e. The van der Waals surface area contributed by atoms with Crippen molar-refractivity contribution in [3.8, 4) is 17.4 Å². The van der Waals surface area contributed by atoms with Gasteiger partial charge in [0.1, 0.15) is 23.2 Å². The number of rotatable bonds is 6. The Labute approximate surface area is 158 Å². The molecule has 136 valence electrons. The summed E-state index contributed by atoms with van der Waals surface area (Å²) in [6, 6.07) is 10.9. The van der Waals surface area contributed by atoms with Gasteiger partial charge >= 0.3 is 0 Å². The number of sulfonamides is 1. The summed E-state index contributed by atoms with van der Waals surface area (Å²) in [4.78, 5) is 15.0. The Kier molecular flexibility index (Phi) is 5.07. The number of anilines is 1. The van der Waals surface area contributed by atoms with Crippen molar-refractivity contribution < 1.29 is 17.6 Å². The largest absolute Gasteiger partial charge is 0.457 e. The molecule has 27 heavy (non-hydrogen) atoms. The molecule has 8 nitrogen and oxygen atoms in total. The fraction of sp³-hybridized carbons (Fsp3) is 0. The molecule has 0 spiro atoms. The summed E-state index contributed by atoms with van der Waals surface area (Å²) in [7, 11) is -3.74. The average Bonchev–Trinajstić information content (AvgIpc) is 3.31. The number of carbonyl (C=O) groups is 1. The Hall–Kier alpha value is -3.42. The van der Waals surface area contributed by atoms with Gasteiger partial charge in [0.05, 0.1) is 4.90 Å². The molecule has 3 aromatic rings. The zero-order valence-corrected chi connectivity index (χ0v) is 15.3. The number of nitriles is 1. The predicted octanol–water partition coefficient (Wildman–Crippen LogP) is 2.60. The molecule has 3 N–H and O–H groups in total. The lowest BCUT2D eigenvalue weighted by Gasteiger charge is -2.05. The van der Waals surface area contributed by atoms with E-state index in [2.05, 4.69) is 9.71 Å². The highest BCUT2D eigenvalue weighted by Gasteiger charge is 2.16. The summed E-state index contributed by atoms with van der Waals surface area (Å²) in [6.07, 6.45) is 2.74. The first kappa shape index (κ1) is 18.4. The van der Waals surface area contributed by atoms with E-state index in [1.807, 2.05) is 0 Å². The van der Waals surface area contributed by atoms with Gasteiger partial charge in [-0.25, -0.2) is 13.4 Å². The number of hydrogen-bond donors (Lipinski definition) is 2. The van der Waals surface area contributed by atoms with Crippen LogP contribution in [0.2, 0.25) is 0 Å². The summed E-state index contributed by atoms with van der Waals surface area (Å²) in [6.45, 7) is 0. The molecule has 0 aliphatic heterocycles. The topological polar surface area (TPSA) is 139 Å². The first-order valence-electron chi connectivity index (χ1n) is 7.43. The lowest BCUT2D eigenvalue weighted by atomic mass is 10.2. The molecule has 0 fully saturated rings. The number of primary amides is 1. The van der Waals surface area contributed by atoms with Crippen molar-refractivity contribution in [1.82, 2.24) is 4.98 Å². The van der Waals surface area contributed by atoms with Gasteiger partial charge in [-0.1, -0.05) is 0 Å². The molecule has 3 rings (SSSR count). The van der Waals surface area contributed by atoms with Crippen molar-refractivity contribution in [1.29, 1.82) is 5.26 Å². The van der Waals surface area contributed by atoms with Crippen molar-refractivity contribution in [3.63, 3.8) is 0 Å². The SMILES string of the molecule is N#C/C(=C\c1ccc(-c2ccc(S(=O)(=O)Nc3nccs3)cc2)o1)C(N)=O. The fourth-order valence-corrected chi connectivity index (χ4v) is 3.92. The molecule has 0 aliphatic carbocycles. The van der Waals surface area contributed by atoms with Gasteiger partial charge in [-0.15, -0.1) is 11.3 Å². The highest BCUT2D eigenvalue weighted by molar-refractivity contribution is 7.93. The van der Waals surface area contributed by atoms with Crippen LogP contribution in [0.15, 0.2) is 62.9 Å². The van der Waals surface area contributed by atoms with E-state index in [0.717, 1.165) is 0 Å². The maximum absolute atomic E-state index is 12.3. The van der Waals surface area contributed by atoms with Crippen LogP contribution >= 0.6 is 11.3 Å². The number of thiazole rings is 1. The van der Waals surface area contributed by atoms with Gasteiger partial charge in [0.15, 0.2) is 5.13 Å². The van der Waals surface area contributed by atoms with Crippen molar-refractivity contribution >= 4 is 38.5 Å². The number of benzene rings is 1. The van der Waals surface area contributed by atoms with Gasteiger partial charge in [-0.05, 0) is 36.4 Å². The summed E-state index contributed by atoms with van der Waals surface area (Å²) < 4.78 is 32.6. The van der Waals surface area contributed by atoms with Crippen molar-refractivity contribution in [3.05, 3.63) is 59.3 Å². The standard InChI is InChI=1S/C17H12N4O4S2/c18-10-12(16(19)22)9-13-3-6-15(25-13)11-1-4-14(5-2-11)27(23,24)21-17-20-7-8-26-17/h1-9H,(H2,19,22)(H,20,21)/b12-9+. The minimum atomic E-state index is -3.74. The second-order valence-corrected chi connectivity index (χ2v) is 7.78. The highest BCUT2D eigenvalue weighted by atomic mass is 32.2. The second kappa shape index (κ2) is 7.45. The second-order valence-electron chi connectivity index (χ2n) is 5.20. The third-order valence-corrected chi connectivity index (χ3v) is 5.58. The number of amides is 1. The Morgan fingerprint density at radius 3 is 2.59 bits per heavy atom. The maximum Gasteiger partial charge on any atom is 0.263 e. The summed E-state index contributed by atoms with van der Waals surface area (Å²) in [5.74, 6) is -0.125. The van der Waals surface area contributed by atoms with Gasteiger partial charge in [-0.2, -0.15) is 5.26 Å². The van der Waals surface area contributed by atoms with E-state index < -0.39 is 15.9 Å². The third kappa shape index (κ3) is 4.22. The summed E-state index contributed by atoms with van der Waals surface area (Å²) >= 11 is 1.18. The van der Waals surface area contributed by atoms with Crippen LogP contribution in [-0.4, -0.2) is 19.3 Å². The van der Waals surface area contributed by atoms with Crippen LogP contribution in [-0.2, 0) is 14.8 Å². The van der Waals surface area contributed by atoms with Gasteiger partial charge in [0.2, 0.25) is 0 Å². The molecule has 1 amide bonds. The Bertz CT molecular complexity index is 1140. The molecule has 0 atom stereocenters. The van der Waals surface area contributed by atoms with E-state index in [4.69, 9.17) is 15.4 Å². The number of carbonyl (C=O) groups excluding carboxylic acids is 1. The molecule has 0 unspecified atom stereocenters. The van der Waals surface area contributed by atoms with E-state index >= 15 is 0 Å². The van der Waals surface area contributed by atoms with E-state index in [9.17, 15) is 13.2 Å². The minimum absolute atomic E-state index is 0.0774. The zero-order chi connectivity index (χ0) is 19.4. The highest BCUT2D eigenvalue weighted by Crippen LogP contribution is 2.25. The van der Waals surface area contributed by atoms with Gasteiger partial charge in [0, 0.05) is 23.2 Å². The average molecular weight is 400 g/mol. The Balaban J connectivity index is 1.82. The Morgan fingerprint density at radius 2 is 2.00 bits per heavy atom. The molecule has 0 radical (unpaired) electrons. The van der Waals surface area contributed by atoms with Crippen LogP contribution in [0.5, 0.6) is 0 Å². The van der Waals surface area contributed by atoms with Gasteiger partial charge in [-0.3, -0.25) is 9.52 Å². The van der Waals surface area contributed by atoms with Crippen LogP contribution < -0.4 is 10.5 Å². The van der Waals surface area contributed by atoms with Crippen molar-refractivity contribution in [2.45, 2.75) is 4.90 Å². The van der Waals surface area contributed by atoms with Crippen LogP contribution in [0.1, 0.15) is 5.76 Å². The van der Waals surface area contributed by atoms with E-state index in [1.54, 1.807) is 35.7 Å². The molecule has 0 aliphatic rings. The fourth-order valence-electron chi connectivity index (χ4n) is 2.13. The van der Waals surface area contributed by atoms with E-state index in [0.29, 0.717) is 11.3 Å². The first-order valence-corrected chi connectivity index (χ1v) is 9.79. The predicted molar refractivity (Wildman–Crippen MR) is 99.9 cm³/mol. The van der Waals surface area contributed by atoms with Crippen LogP contribution in [0.3, 0.4) is 0 Å². The van der Waals surface area contributed by atoms with Gasteiger partial charge in [0.25, 0.3) is 15.9 Å². The maximum atomic E-state index is 12.3. The molecular weight excluding hydrogens is 388 g/mol. The lowest BCUT2D eigenvalue weighted by Crippen LogP contribution is -2.12. The smallest absolute Gasteiger partial charge is 0.263 e. The van der Waals surface area contributed by atoms with Gasteiger partial charge < -0.3 is 10.2 Å². The molecule has 0 saturated heterocycles. The zero-order valence-electron chi connectivity index (χ0n) is 13.6. The number of nitrogens with one attached hydrogen (secondary N) is 1. The molecule has 0 saturated carbocycles. The third-order valence-electron chi connectivity index (χ3n) is 3.40. The number of aromatic nitrogens is 1. The van der Waals surface area contributed by atoms with Crippen molar-refractivity contribution in [2.24, 2.45) is 5.73 Å². The monoisotopic (exact) mass is 400 g/mol. The first-order chi connectivity index (χ1) is 12.9. The molecule has 10 heteroatoms. The molecular formula is C17H12N4O4S2. The molecule has 1 aromatic carbocycles. The number of nitrogens with two attached hydrogens (primary N) is 1. The number of furan rings is 1. The van der Waals surface area contributed by atoms with Crippen LogP contribution in [0.25, 0.3) is 17.4 Å². The summed E-state index contributed by atoms with van der Waals surface area (Å²) in [5.41, 5.74) is 5.48. The van der Waals surface area contributed by atoms with E-state index in [1.165, 1.54) is 35.7 Å². The number of nitrogens with zero attached hydrogens (tertiary/aromatic N) is 2.